The first-order valence-corrected chi connectivity index (χ1v) is 8.62. The first kappa shape index (κ1) is 18.8. The second-order valence-corrected chi connectivity index (χ2v) is 6.21. The van der Waals surface area contributed by atoms with Crippen LogP contribution in [0.1, 0.15) is 15.9 Å². The lowest BCUT2D eigenvalue weighted by molar-refractivity contribution is 0.0950. The van der Waals surface area contributed by atoms with Gasteiger partial charge in [0.1, 0.15) is 5.56 Å². The zero-order valence-corrected chi connectivity index (χ0v) is 15.6. The maximum absolute atomic E-state index is 12.4. The third-order valence-corrected chi connectivity index (χ3v) is 4.40. The van der Waals surface area contributed by atoms with Crippen LogP contribution in [-0.4, -0.2) is 26.7 Å². The molecule has 0 bridgehead atoms. The summed E-state index contributed by atoms with van der Waals surface area (Å²) in [5, 5.41) is 3.64. The Labute approximate surface area is 160 Å². The molecule has 0 aliphatic carbocycles. The van der Waals surface area contributed by atoms with Crippen LogP contribution in [0.2, 0.25) is 5.02 Å². The number of amides is 1. The van der Waals surface area contributed by atoms with E-state index < -0.39 is 11.5 Å². The molecule has 0 fully saturated rings. The van der Waals surface area contributed by atoms with Gasteiger partial charge in [-0.05, 0) is 36.2 Å². The van der Waals surface area contributed by atoms with Crippen LogP contribution < -0.4 is 20.4 Å². The number of fused-ring (bicyclic) bond motifs is 1. The minimum absolute atomic E-state index is 0.0583. The average Bonchev–Trinajstić information content (AvgIpc) is 2.68. The van der Waals surface area contributed by atoms with E-state index in [0.717, 1.165) is 5.56 Å². The standard InChI is InChI=1S/C20H18ClNO5/c1-25-16-7-6-12(10-17(16)26-2)8-9-22-19(23)14-11-13-4-3-5-15(21)18(13)27-20(14)24/h3-7,10-11H,8-9H2,1-2H3,(H,22,23). The Kier molecular flexibility index (Phi) is 5.66. The Bertz CT molecular complexity index is 1040. The Morgan fingerprint density at radius 2 is 1.89 bits per heavy atom. The summed E-state index contributed by atoms with van der Waals surface area (Å²) in [6.07, 6.45) is 0.566. The van der Waals surface area contributed by atoms with Gasteiger partial charge in [-0.2, -0.15) is 0 Å². The highest BCUT2D eigenvalue weighted by molar-refractivity contribution is 6.34. The molecule has 0 spiro atoms. The number of para-hydroxylation sites is 1. The molecule has 0 unspecified atom stereocenters. The monoisotopic (exact) mass is 387 g/mol. The predicted molar refractivity (Wildman–Crippen MR) is 103 cm³/mol. The maximum Gasteiger partial charge on any atom is 0.349 e. The quantitative estimate of drug-likeness (QED) is 0.655. The van der Waals surface area contributed by atoms with E-state index in [2.05, 4.69) is 5.32 Å². The van der Waals surface area contributed by atoms with Crippen LogP contribution in [0, 0.1) is 0 Å². The molecular formula is C20H18ClNO5. The average molecular weight is 388 g/mol. The van der Waals surface area contributed by atoms with E-state index in [1.807, 2.05) is 12.1 Å². The van der Waals surface area contributed by atoms with Crippen molar-refractivity contribution in [3.05, 3.63) is 69.0 Å². The van der Waals surface area contributed by atoms with E-state index in [-0.39, 0.29) is 11.1 Å². The summed E-state index contributed by atoms with van der Waals surface area (Å²) >= 11 is 6.01. The molecule has 0 aliphatic heterocycles. The molecule has 0 radical (unpaired) electrons. The van der Waals surface area contributed by atoms with E-state index in [9.17, 15) is 9.59 Å². The highest BCUT2D eigenvalue weighted by Gasteiger charge is 2.14. The summed E-state index contributed by atoms with van der Waals surface area (Å²) in [4.78, 5) is 24.5. The van der Waals surface area contributed by atoms with Crippen LogP contribution in [0.15, 0.2) is 51.7 Å². The van der Waals surface area contributed by atoms with Crippen molar-refractivity contribution in [3.63, 3.8) is 0 Å². The van der Waals surface area contributed by atoms with Crippen molar-refractivity contribution in [1.29, 1.82) is 0 Å². The number of nitrogens with one attached hydrogen (secondary N) is 1. The van der Waals surface area contributed by atoms with Crippen molar-refractivity contribution in [2.75, 3.05) is 20.8 Å². The Morgan fingerprint density at radius 3 is 2.63 bits per heavy atom. The van der Waals surface area contributed by atoms with Crippen molar-refractivity contribution in [3.8, 4) is 11.5 Å². The van der Waals surface area contributed by atoms with E-state index in [4.69, 9.17) is 25.5 Å². The lowest BCUT2D eigenvalue weighted by atomic mass is 10.1. The topological polar surface area (TPSA) is 77.8 Å². The second-order valence-electron chi connectivity index (χ2n) is 5.80. The maximum atomic E-state index is 12.4. The van der Waals surface area contributed by atoms with Crippen LogP contribution in [0.4, 0.5) is 0 Å². The third kappa shape index (κ3) is 4.06. The summed E-state index contributed by atoms with van der Waals surface area (Å²) in [7, 11) is 3.13. The summed E-state index contributed by atoms with van der Waals surface area (Å²) in [5.74, 6) is 0.761. The fourth-order valence-electron chi connectivity index (χ4n) is 2.72. The normalized spacial score (nSPS) is 10.6. The number of carbonyl (C=O) groups excluding carboxylic acids is 1. The molecular weight excluding hydrogens is 370 g/mol. The Balaban J connectivity index is 1.70. The minimum atomic E-state index is -0.723. The van der Waals surface area contributed by atoms with Gasteiger partial charge in [-0.25, -0.2) is 4.79 Å². The van der Waals surface area contributed by atoms with Crippen molar-refractivity contribution in [2.24, 2.45) is 0 Å². The summed E-state index contributed by atoms with van der Waals surface area (Å²) in [5.41, 5.74) is 0.451. The lowest BCUT2D eigenvalue weighted by Crippen LogP contribution is -2.29. The van der Waals surface area contributed by atoms with Gasteiger partial charge in [0, 0.05) is 11.9 Å². The highest BCUT2D eigenvalue weighted by Crippen LogP contribution is 2.27. The summed E-state index contributed by atoms with van der Waals surface area (Å²) in [6, 6.07) is 12.1. The van der Waals surface area contributed by atoms with Gasteiger partial charge in [-0.3, -0.25) is 4.79 Å². The molecule has 0 aliphatic rings. The number of rotatable bonds is 6. The number of halogens is 1. The molecule has 0 atom stereocenters. The molecule has 7 heteroatoms. The second kappa shape index (κ2) is 8.14. The third-order valence-electron chi connectivity index (χ3n) is 4.10. The van der Waals surface area contributed by atoms with Crippen LogP contribution in [0.25, 0.3) is 11.0 Å². The molecule has 1 amide bonds. The van der Waals surface area contributed by atoms with Crippen molar-refractivity contribution < 1.29 is 18.7 Å². The molecule has 3 rings (SSSR count). The van der Waals surface area contributed by atoms with Crippen LogP contribution in [-0.2, 0) is 6.42 Å². The number of methoxy groups -OCH3 is 2. The zero-order valence-electron chi connectivity index (χ0n) is 14.9. The fourth-order valence-corrected chi connectivity index (χ4v) is 2.94. The van der Waals surface area contributed by atoms with Gasteiger partial charge >= 0.3 is 5.63 Å². The van der Waals surface area contributed by atoms with Crippen LogP contribution >= 0.6 is 11.6 Å². The molecule has 1 aromatic heterocycles. The summed E-state index contributed by atoms with van der Waals surface area (Å²) < 4.78 is 15.6. The molecule has 6 nitrogen and oxygen atoms in total. The minimum Gasteiger partial charge on any atom is -0.493 e. The largest absolute Gasteiger partial charge is 0.493 e. The van der Waals surface area contributed by atoms with Gasteiger partial charge in [0.25, 0.3) is 5.91 Å². The van der Waals surface area contributed by atoms with Crippen LogP contribution in [0.5, 0.6) is 11.5 Å². The molecule has 0 saturated heterocycles. The molecule has 2 aromatic carbocycles. The number of carbonyl (C=O) groups is 1. The number of benzene rings is 2. The van der Waals surface area contributed by atoms with E-state index in [0.29, 0.717) is 34.9 Å². The smallest absolute Gasteiger partial charge is 0.349 e. The first-order valence-electron chi connectivity index (χ1n) is 8.25. The van der Waals surface area contributed by atoms with E-state index in [1.54, 1.807) is 38.5 Å². The van der Waals surface area contributed by atoms with Gasteiger partial charge in [0.15, 0.2) is 17.1 Å². The van der Waals surface area contributed by atoms with Gasteiger partial charge in [0.2, 0.25) is 0 Å². The SMILES string of the molecule is COc1ccc(CCNC(=O)c2cc3cccc(Cl)c3oc2=O)cc1OC. The van der Waals surface area contributed by atoms with Crippen molar-refractivity contribution in [1.82, 2.24) is 5.32 Å². The highest BCUT2D eigenvalue weighted by atomic mass is 35.5. The molecule has 0 saturated carbocycles. The Morgan fingerprint density at radius 1 is 1.11 bits per heavy atom. The van der Waals surface area contributed by atoms with Crippen molar-refractivity contribution >= 4 is 28.5 Å². The zero-order chi connectivity index (χ0) is 19.4. The van der Waals surface area contributed by atoms with E-state index >= 15 is 0 Å². The number of hydrogen-bond acceptors (Lipinski definition) is 5. The molecule has 1 N–H and O–H groups in total. The van der Waals surface area contributed by atoms with Gasteiger partial charge < -0.3 is 19.2 Å². The molecule has 3 aromatic rings. The Hall–Kier alpha value is -2.99. The van der Waals surface area contributed by atoms with Gasteiger partial charge in [0.05, 0.1) is 19.2 Å². The summed E-state index contributed by atoms with van der Waals surface area (Å²) in [6.45, 7) is 0.349. The molecule has 27 heavy (non-hydrogen) atoms. The fraction of sp³-hybridized carbons (Fsp3) is 0.200. The molecule has 140 valence electrons. The van der Waals surface area contributed by atoms with Gasteiger partial charge in [-0.15, -0.1) is 0 Å². The number of hydrogen-bond donors (Lipinski definition) is 1. The van der Waals surface area contributed by atoms with Gasteiger partial charge in [-0.1, -0.05) is 29.8 Å². The number of ether oxygens (including phenoxy) is 2. The lowest BCUT2D eigenvalue weighted by Gasteiger charge is -2.10. The molecule has 1 heterocycles. The van der Waals surface area contributed by atoms with E-state index in [1.165, 1.54) is 6.07 Å². The van der Waals surface area contributed by atoms with Crippen molar-refractivity contribution in [2.45, 2.75) is 6.42 Å². The first-order chi connectivity index (χ1) is 13.0. The predicted octanol–water partition coefficient (Wildman–Crippen LogP) is 3.44. The van der Waals surface area contributed by atoms with Crippen LogP contribution in [0.3, 0.4) is 0 Å².